The van der Waals surface area contributed by atoms with E-state index in [1.807, 2.05) is 18.2 Å². The molecule has 0 spiro atoms. The van der Waals surface area contributed by atoms with E-state index in [4.69, 9.17) is 8.94 Å². The highest BCUT2D eigenvalue weighted by Gasteiger charge is 2.31. The van der Waals surface area contributed by atoms with Gasteiger partial charge in [-0.25, -0.2) is 0 Å². The molecule has 130 valence electrons. The number of para-hydroxylation sites is 1. The van der Waals surface area contributed by atoms with Gasteiger partial charge in [-0.15, -0.1) is 10.2 Å². The third-order valence-electron chi connectivity index (χ3n) is 4.15. The fraction of sp³-hybridized carbons (Fsp3) is 0.222. The molecule has 26 heavy (non-hydrogen) atoms. The maximum atomic E-state index is 5.32. The van der Waals surface area contributed by atoms with Gasteiger partial charge >= 0.3 is 0 Å². The summed E-state index contributed by atoms with van der Waals surface area (Å²) >= 11 is 1.53. The molecular weight excluding hydrogens is 350 g/mol. The molecule has 0 N–H and O–H groups in total. The summed E-state index contributed by atoms with van der Waals surface area (Å²) < 4.78 is 12.7. The van der Waals surface area contributed by atoms with Crippen molar-refractivity contribution in [3.8, 4) is 17.3 Å². The Hall–Kier alpha value is -2.87. The van der Waals surface area contributed by atoms with Crippen LogP contribution < -0.4 is 0 Å². The van der Waals surface area contributed by atoms with Crippen molar-refractivity contribution in [1.82, 2.24) is 24.9 Å². The van der Waals surface area contributed by atoms with Gasteiger partial charge in [-0.2, -0.15) is 4.98 Å². The van der Waals surface area contributed by atoms with Gasteiger partial charge in [0.05, 0.1) is 12.0 Å². The highest BCUT2D eigenvalue weighted by Crippen LogP contribution is 2.41. The summed E-state index contributed by atoms with van der Waals surface area (Å²) in [4.78, 5) is 4.37. The average Bonchev–Trinajstić information content (AvgIpc) is 3.08. The SMILES string of the molecule is c1ccc(-n2c(SCc3nc(-c4ccco4)no3)nnc2C2CC2)cc1. The second-order valence-corrected chi connectivity index (χ2v) is 7.01. The zero-order valence-corrected chi connectivity index (χ0v) is 14.6. The van der Waals surface area contributed by atoms with Gasteiger partial charge in [0.2, 0.25) is 11.7 Å². The topological polar surface area (TPSA) is 82.8 Å². The van der Waals surface area contributed by atoms with Gasteiger partial charge < -0.3 is 8.94 Å². The highest BCUT2D eigenvalue weighted by atomic mass is 32.2. The van der Waals surface area contributed by atoms with Crippen LogP contribution in [0.2, 0.25) is 0 Å². The summed E-state index contributed by atoms with van der Waals surface area (Å²) in [6.07, 6.45) is 3.93. The average molecular weight is 365 g/mol. The monoisotopic (exact) mass is 365 g/mol. The molecule has 1 aromatic carbocycles. The first kappa shape index (κ1) is 15.4. The molecule has 0 amide bonds. The molecule has 0 radical (unpaired) electrons. The zero-order chi connectivity index (χ0) is 17.3. The Morgan fingerprint density at radius 2 is 1.96 bits per heavy atom. The van der Waals surface area contributed by atoms with Gasteiger partial charge in [-0.05, 0) is 37.1 Å². The van der Waals surface area contributed by atoms with E-state index in [2.05, 4.69) is 37.0 Å². The molecule has 0 unspecified atom stereocenters. The van der Waals surface area contributed by atoms with Crippen LogP contribution in [0.4, 0.5) is 0 Å². The van der Waals surface area contributed by atoms with Gasteiger partial charge in [0, 0.05) is 11.6 Å². The maximum Gasteiger partial charge on any atom is 0.238 e. The summed E-state index contributed by atoms with van der Waals surface area (Å²) in [6, 6.07) is 13.8. The number of rotatable bonds is 6. The second kappa shape index (κ2) is 6.45. The molecule has 1 saturated carbocycles. The van der Waals surface area contributed by atoms with E-state index in [1.54, 1.807) is 18.4 Å². The minimum Gasteiger partial charge on any atom is -0.461 e. The molecule has 4 aromatic rings. The van der Waals surface area contributed by atoms with Crippen LogP contribution in [0.15, 0.2) is 62.8 Å². The number of benzene rings is 1. The number of nitrogens with zero attached hydrogens (tertiary/aromatic N) is 5. The van der Waals surface area contributed by atoms with E-state index in [1.165, 1.54) is 24.6 Å². The van der Waals surface area contributed by atoms with Crippen molar-refractivity contribution in [1.29, 1.82) is 0 Å². The lowest BCUT2D eigenvalue weighted by molar-refractivity contribution is 0.390. The van der Waals surface area contributed by atoms with E-state index < -0.39 is 0 Å². The van der Waals surface area contributed by atoms with Gasteiger partial charge in [0.25, 0.3) is 0 Å². The van der Waals surface area contributed by atoms with Gasteiger partial charge in [-0.3, -0.25) is 4.57 Å². The van der Waals surface area contributed by atoms with Crippen molar-refractivity contribution in [3.05, 3.63) is 60.4 Å². The molecular formula is C18H15N5O2S. The zero-order valence-electron chi connectivity index (χ0n) is 13.8. The van der Waals surface area contributed by atoms with Crippen LogP contribution in [0.5, 0.6) is 0 Å². The predicted octanol–water partition coefficient (Wildman–Crippen LogP) is 4.08. The largest absolute Gasteiger partial charge is 0.461 e. The Kier molecular flexibility index (Phi) is 3.82. The van der Waals surface area contributed by atoms with Crippen molar-refractivity contribution >= 4 is 11.8 Å². The predicted molar refractivity (Wildman–Crippen MR) is 94.9 cm³/mol. The van der Waals surface area contributed by atoms with Gasteiger partial charge in [-0.1, -0.05) is 35.1 Å². The number of hydrogen-bond donors (Lipinski definition) is 0. The number of aromatic nitrogens is 5. The molecule has 0 aliphatic heterocycles. The lowest BCUT2D eigenvalue weighted by atomic mass is 10.3. The number of thioether (sulfide) groups is 1. The number of furan rings is 1. The van der Waals surface area contributed by atoms with Crippen molar-refractivity contribution in [2.45, 2.75) is 29.7 Å². The molecule has 7 nitrogen and oxygen atoms in total. The molecule has 0 saturated heterocycles. The molecule has 1 aliphatic rings. The quantitative estimate of drug-likeness (QED) is 0.476. The minimum atomic E-state index is 0.453. The lowest BCUT2D eigenvalue weighted by Crippen LogP contribution is -2.01. The summed E-state index contributed by atoms with van der Waals surface area (Å²) in [5, 5.41) is 13.6. The maximum absolute atomic E-state index is 5.32. The van der Waals surface area contributed by atoms with Crippen molar-refractivity contribution in [2.75, 3.05) is 0 Å². The van der Waals surface area contributed by atoms with Gasteiger partial charge in [0.15, 0.2) is 10.9 Å². The van der Waals surface area contributed by atoms with E-state index in [-0.39, 0.29) is 0 Å². The molecule has 3 aromatic heterocycles. The minimum absolute atomic E-state index is 0.453. The van der Waals surface area contributed by atoms with Crippen LogP contribution >= 0.6 is 11.8 Å². The summed E-state index contributed by atoms with van der Waals surface area (Å²) in [5.41, 5.74) is 1.07. The van der Waals surface area contributed by atoms with E-state index >= 15 is 0 Å². The highest BCUT2D eigenvalue weighted by molar-refractivity contribution is 7.98. The first-order valence-corrected chi connectivity index (χ1v) is 9.37. The molecule has 0 atom stereocenters. The molecule has 5 rings (SSSR count). The Morgan fingerprint density at radius 3 is 2.73 bits per heavy atom. The Morgan fingerprint density at radius 1 is 1.08 bits per heavy atom. The van der Waals surface area contributed by atoms with Crippen LogP contribution in [-0.2, 0) is 5.75 Å². The molecule has 1 aliphatic carbocycles. The second-order valence-electron chi connectivity index (χ2n) is 6.06. The van der Waals surface area contributed by atoms with Crippen LogP contribution in [0.25, 0.3) is 17.3 Å². The van der Waals surface area contributed by atoms with Crippen LogP contribution in [0, 0.1) is 0 Å². The van der Waals surface area contributed by atoms with Crippen molar-refractivity contribution < 1.29 is 8.94 Å². The fourth-order valence-electron chi connectivity index (χ4n) is 2.75. The first-order chi connectivity index (χ1) is 12.9. The summed E-state index contributed by atoms with van der Waals surface area (Å²) in [5.74, 6) is 3.62. The Labute approximate surface area is 153 Å². The normalized spacial score (nSPS) is 14.0. The van der Waals surface area contributed by atoms with Crippen LogP contribution in [-0.4, -0.2) is 24.9 Å². The first-order valence-electron chi connectivity index (χ1n) is 8.38. The van der Waals surface area contributed by atoms with Crippen molar-refractivity contribution in [3.63, 3.8) is 0 Å². The Balaban J connectivity index is 1.39. The molecule has 8 heteroatoms. The van der Waals surface area contributed by atoms with Crippen molar-refractivity contribution in [2.24, 2.45) is 0 Å². The standard InChI is InChI=1S/C18H15N5O2S/c1-2-5-13(6-3-1)23-17(12-8-9-12)20-21-18(23)26-11-15-19-16(22-25-15)14-7-4-10-24-14/h1-7,10,12H,8-9,11H2. The van der Waals surface area contributed by atoms with E-state index in [0.717, 1.165) is 16.7 Å². The molecule has 1 fully saturated rings. The third kappa shape index (κ3) is 2.92. The lowest BCUT2D eigenvalue weighted by Gasteiger charge is -2.08. The van der Waals surface area contributed by atoms with E-state index in [0.29, 0.717) is 29.1 Å². The Bertz CT molecular complexity index is 1010. The summed E-state index contributed by atoms with van der Waals surface area (Å²) in [7, 11) is 0. The smallest absolute Gasteiger partial charge is 0.238 e. The molecule has 0 bridgehead atoms. The van der Waals surface area contributed by atoms with Crippen LogP contribution in [0.1, 0.15) is 30.5 Å². The third-order valence-corrected chi connectivity index (χ3v) is 5.06. The number of hydrogen-bond acceptors (Lipinski definition) is 7. The van der Waals surface area contributed by atoms with Gasteiger partial charge in [0.1, 0.15) is 5.82 Å². The summed E-state index contributed by atoms with van der Waals surface area (Å²) in [6.45, 7) is 0. The molecule has 3 heterocycles. The fourth-order valence-corrected chi connectivity index (χ4v) is 3.54. The van der Waals surface area contributed by atoms with E-state index in [9.17, 15) is 0 Å². The van der Waals surface area contributed by atoms with Crippen LogP contribution in [0.3, 0.4) is 0 Å².